The van der Waals surface area contributed by atoms with Crippen LogP contribution in [-0.4, -0.2) is 37.3 Å². The van der Waals surface area contributed by atoms with Gasteiger partial charge in [-0.1, -0.05) is 25.6 Å². The molecule has 1 rings (SSSR count). The zero-order chi connectivity index (χ0) is 20.1. The van der Waals surface area contributed by atoms with Crippen LogP contribution in [0.4, 0.5) is 0 Å². The second-order valence-corrected chi connectivity index (χ2v) is 13.1. The van der Waals surface area contributed by atoms with Crippen LogP contribution in [0.5, 0.6) is 0 Å². The number of carboxylic acid groups (broad SMARTS) is 1. The number of esters is 1. The van der Waals surface area contributed by atoms with Crippen LogP contribution in [0, 0.1) is 18.4 Å². The van der Waals surface area contributed by atoms with Gasteiger partial charge in [0, 0.05) is 12.1 Å². The molecule has 1 aromatic carbocycles. The van der Waals surface area contributed by atoms with Crippen LogP contribution >= 0.6 is 0 Å². The molecule has 2 N–H and O–H groups in total. The van der Waals surface area contributed by atoms with E-state index in [1.54, 1.807) is 13.0 Å². The maximum atomic E-state index is 11.8. The van der Waals surface area contributed by atoms with E-state index >= 15 is 0 Å². The monoisotopic (exact) mass is 375 g/mol. The van der Waals surface area contributed by atoms with Gasteiger partial charge in [-0.2, -0.15) is 0 Å². The molecule has 0 aliphatic heterocycles. The number of benzene rings is 1. The maximum absolute atomic E-state index is 11.8. The van der Waals surface area contributed by atoms with Gasteiger partial charge in [-0.25, -0.2) is 4.79 Å². The molecule has 0 saturated heterocycles. The Morgan fingerprint density at radius 2 is 1.85 bits per heavy atom. The first kappa shape index (κ1) is 21.9. The van der Waals surface area contributed by atoms with E-state index in [1.807, 2.05) is 26.8 Å². The van der Waals surface area contributed by atoms with Crippen molar-refractivity contribution < 1.29 is 19.4 Å². The zero-order valence-electron chi connectivity index (χ0n) is 16.7. The molecule has 1 aromatic rings. The first-order valence-electron chi connectivity index (χ1n) is 8.61. The molecule has 0 aliphatic carbocycles. The van der Waals surface area contributed by atoms with Gasteiger partial charge in [0.25, 0.3) is 0 Å². The van der Waals surface area contributed by atoms with Gasteiger partial charge in [-0.3, -0.25) is 4.79 Å². The van der Waals surface area contributed by atoms with Crippen LogP contribution in [-0.2, 0) is 16.1 Å². The highest BCUT2D eigenvalue weighted by molar-refractivity contribution is 6.83. The molecule has 0 aliphatic rings. The number of hydrogen-bond donors (Lipinski definition) is 2. The standard InChI is InChI=1S/C20H29NO4Si/c1-14-16(12-21-13-18(22)25-20(2,3)4)10-15(8-9-26(5,6)7)11-17(14)19(23)24/h10-11,21H,12-13H2,1-7H3,(H,23,24). The Kier molecular flexibility index (Phi) is 7.19. The van der Waals surface area contributed by atoms with E-state index in [9.17, 15) is 14.7 Å². The van der Waals surface area contributed by atoms with Crippen LogP contribution in [0.2, 0.25) is 19.6 Å². The number of carboxylic acids is 1. The summed E-state index contributed by atoms with van der Waals surface area (Å²) in [7, 11) is -1.56. The SMILES string of the molecule is Cc1c(CNCC(=O)OC(C)(C)C)cc(C#C[Si](C)(C)C)cc1C(=O)O. The molecular weight excluding hydrogens is 346 g/mol. The summed E-state index contributed by atoms with van der Waals surface area (Å²) in [6.07, 6.45) is 0. The van der Waals surface area contributed by atoms with Gasteiger partial charge in [0.05, 0.1) is 12.1 Å². The fraction of sp³-hybridized carbons (Fsp3) is 0.500. The third-order valence-corrected chi connectivity index (χ3v) is 4.21. The van der Waals surface area contributed by atoms with Crippen molar-refractivity contribution in [3.63, 3.8) is 0 Å². The van der Waals surface area contributed by atoms with E-state index in [4.69, 9.17) is 4.74 Å². The molecule has 142 valence electrons. The van der Waals surface area contributed by atoms with Crippen LogP contribution in [0.15, 0.2) is 12.1 Å². The van der Waals surface area contributed by atoms with Crippen LogP contribution in [0.3, 0.4) is 0 Å². The summed E-state index contributed by atoms with van der Waals surface area (Å²) in [5.41, 5.74) is 5.13. The summed E-state index contributed by atoms with van der Waals surface area (Å²) < 4.78 is 5.25. The second kappa shape index (κ2) is 8.52. The molecule has 26 heavy (non-hydrogen) atoms. The summed E-state index contributed by atoms with van der Waals surface area (Å²) in [4.78, 5) is 23.3. The molecule has 0 atom stereocenters. The Balaban J connectivity index is 2.99. The van der Waals surface area contributed by atoms with E-state index in [-0.39, 0.29) is 18.1 Å². The second-order valence-electron chi connectivity index (χ2n) is 8.30. The lowest BCUT2D eigenvalue weighted by atomic mass is 9.98. The Bertz CT molecular complexity index is 746. The summed E-state index contributed by atoms with van der Waals surface area (Å²) in [6, 6.07) is 3.50. The van der Waals surface area contributed by atoms with E-state index in [2.05, 4.69) is 36.4 Å². The smallest absolute Gasteiger partial charge is 0.336 e. The lowest BCUT2D eigenvalue weighted by Gasteiger charge is -2.19. The minimum atomic E-state index is -1.56. The van der Waals surface area contributed by atoms with Crippen molar-refractivity contribution in [1.29, 1.82) is 0 Å². The molecule has 6 heteroatoms. The number of nitrogens with one attached hydrogen (secondary N) is 1. The van der Waals surface area contributed by atoms with E-state index < -0.39 is 19.6 Å². The third kappa shape index (κ3) is 7.85. The average Bonchev–Trinajstić information content (AvgIpc) is 2.44. The predicted octanol–water partition coefficient (Wildman–Crippen LogP) is 3.35. The van der Waals surface area contributed by atoms with Crippen molar-refractivity contribution in [2.75, 3.05) is 6.54 Å². The topological polar surface area (TPSA) is 75.6 Å². The van der Waals surface area contributed by atoms with Crippen molar-refractivity contribution in [3.8, 4) is 11.5 Å². The van der Waals surface area contributed by atoms with Crippen molar-refractivity contribution in [3.05, 3.63) is 34.4 Å². The molecule has 0 radical (unpaired) electrons. The fourth-order valence-electron chi connectivity index (χ4n) is 2.19. The largest absolute Gasteiger partial charge is 0.478 e. The van der Waals surface area contributed by atoms with Gasteiger partial charge in [-0.15, -0.1) is 5.54 Å². The molecule has 0 aromatic heterocycles. The Morgan fingerprint density at radius 1 is 1.23 bits per heavy atom. The molecule has 0 unspecified atom stereocenters. The summed E-state index contributed by atoms with van der Waals surface area (Å²) in [5, 5.41) is 12.5. The highest BCUT2D eigenvalue weighted by Gasteiger charge is 2.17. The lowest BCUT2D eigenvalue weighted by Crippen LogP contribution is -2.31. The predicted molar refractivity (Wildman–Crippen MR) is 106 cm³/mol. The summed E-state index contributed by atoms with van der Waals surface area (Å²) in [6.45, 7) is 14.0. The van der Waals surface area contributed by atoms with Gasteiger partial charge in [0.15, 0.2) is 0 Å². The molecular formula is C20H29NO4Si. The molecule has 0 saturated carbocycles. The summed E-state index contributed by atoms with van der Waals surface area (Å²) in [5.74, 6) is 1.78. The van der Waals surface area contributed by atoms with Gasteiger partial charge in [-0.05, 0) is 51.0 Å². The van der Waals surface area contributed by atoms with Gasteiger partial charge in [0.2, 0.25) is 0 Å². The van der Waals surface area contributed by atoms with Crippen molar-refractivity contribution >= 4 is 20.0 Å². The van der Waals surface area contributed by atoms with Crippen molar-refractivity contribution in [2.45, 2.75) is 59.5 Å². The Hall–Kier alpha value is -2.10. The average molecular weight is 376 g/mol. The Labute approximate surface area is 157 Å². The van der Waals surface area contributed by atoms with E-state index in [0.717, 1.165) is 5.56 Å². The van der Waals surface area contributed by atoms with E-state index in [1.165, 1.54) is 0 Å². The lowest BCUT2D eigenvalue weighted by molar-refractivity contribution is -0.153. The van der Waals surface area contributed by atoms with Crippen LogP contribution in [0.25, 0.3) is 0 Å². The number of hydrogen-bond acceptors (Lipinski definition) is 4. The molecule has 0 amide bonds. The van der Waals surface area contributed by atoms with Gasteiger partial charge in [0.1, 0.15) is 13.7 Å². The van der Waals surface area contributed by atoms with Gasteiger partial charge < -0.3 is 15.2 Å². The maximum Gasteiger partial charge on any atom is 0.336 e. The first-order chi connectivity index (χ1) is 11.8. The van der Waals surface area contributed by atoms with E-state index in [0.29, 0.717) is 17.7 Å². The quantitative estimate of drug-likeness (QED) is 0.469. The molecule has 0 bridgehead atoms. The highest BCUT2D eigenvalue weighted by atomic mass is 28.3. The number of carbonyl (C=O) groups excluding carboxylic acids is 1. The number of rotatable bonds is 5. The number of ether oxygens (including phenoxy) is 1. The van der Waals surface area contributed by atoms with Gasteiger partial charge >= 0.3 is 11.9 Å². The number of aromatic carboxylic acids is 1. The number of carbonyl (C=O) groups is 2. The molecule has 5 nitrogen and oxygen atoms in total. The van der Waals surface area contributed by atoms with Crippen LogP contribution < -0.4 is 5.32 Å². The highest BCUT2D eigenvalue weighted by Crippen LogP contribution is 2.17. The normalized spacial score (nSPS) is 11.5. The molecule has 0 fully saturated rings. The summed E-state index contributed by atoms with van der Waals surface area (Å²) >= 11 is 0. The molecule has 0 spiro atoms. The molecule has 0 heterocycles. The Morgan fingerprint density at radius 3 is 2.35 bits per heavy atom. The third-order valence-electron chi connectivity index (χ3n) is 3.33. The minimum Gasteiger partial charge on any atom is -0.478 e. The fourth-order valence-corrected chi connectivity index (χ4v) is 2.71. The first-order valence-corrected chi connectivity index (χ1v) is 12.1. The zero-order valence-corrected chi connectivity index (χ0v) is 17.7. The van der Waals surface area contributed by atoms with Crippen molar-refractivity contribution in [2.24, 2.45) is 0 Å². The minimum absolute atomic E-state index is 0.0595. The van der Waals surface area contributed by atoms with Crippen LogP contribution in [0.1, 0.15) is 47.8 Å². The van der Waals surface area contributed by atoms with Crippen molar-refractivity contribution in [1.82, 2.24) is 5.32 Å².